The first-order chi connectivity index (χ1) is 12.3. The van der Waals surface area contributed by atoms with Gasteiger partial charge in [-0.3, -0.25) is 4.79 Å². The van der Waals surface area contributed by atoms with Gasteiger partial charge in [-0.2, -0.15) is 0 Å². The summed E-state index contributed by atoms with van der Waals surface area (Å²) in [6.07, 6.45) is 0. The molecule has 9 heteroatoms. The van der Waals surface area contributed by atoms with E-state index in [2.05, 4.69) is 15.0 Å². The lowest BCUT2D eigenvalue weighted by Gasteiger charge is -2.10. The van der Waals surface area contributed by atoms with Crippen LogP contribution in [0.2, 0.25) is 0 Å². The normalized spacial score (nSPS) is 11.5. The molecule has 2 heterocycles. The van der Waals surface area contributed by atoms with Crippen molar-refractivity contribution in [2.24, 2.45) is 0 Å². The number of thiazole rings is 1. The lowest BCUT2D eigenvalue weighted by Crippen LogP contribution is -2.20. The van der Waals surface area contributed by atoms with Crippen molar-refractivity contribution in [3.63, 3.8) is 0 Å². The van der Waals surface area contributed by atoms with Gasteiger partial charge in [0.05, 0.1) is 15.5 Å². The molecule has 136 valence electrons. The topological polar surface area (TPSA) is 88.2 Å². The molecule has 0 spiro atoms. The van der Waals surface area contributed by atoms with Crippen molar-refractivity contribution in [3.8, 4) is 9.88 Å². The van der Waals surface area contributed by atoms with E-state index in [1.807, 2.05) is 17.5 Å². The minimum atomic E-state index is -3.60. The highest BCUT2D eigenvalue weighted by Gasteiger charge is 2.19. The Labute approximate surface area is 160 Å². The smallest absolute Gasteiger partial charge is 0.267 e. The monoisotopic (exact) mass is 407 g/mol. The van der Waals surface area contributed by atoms with Crippen LogP contribution in [0.15, 0.2) is 40.6 Å². The Morgan fingerprint density at radius 2 is 1.96 bits per heavy atom. The summed E-state index contributed by atoms with van der Waals surface area (Å²) >= 11 is 2.88. The minimum Gasteiger partial charge on any atom is -0.321 e. The van der Waals surface area contributed by atoms with Crippen molar-refractivity contribution in [2.45, 2.75) is 18.7 Å². The van der Waals surface area contributed by atoms with Crippen LogP contribution in [-0.2, 0) is 10.0 Å². The van der Waals surface area contributed by atoms with E-state index >= 15 is 0 Å². The van der Waals surface area contributed by atoms with E-state index in [4.69, 9.17) is 0 Å². The van der Waals surface area contributed by atoms with E-state index in [9.17, 15) is 13.2 Å². The number of nitrogens with zero attached hydrogens (tertiary/aromatic N) is 1. The maximum absolute atomic E-state index is 12.6. The number of hydrogen-bond acceptors (Lipinski definition) is 6. The molecule has 0 saturated heterocycles. The maximum atomic E-state index is 12.6. The van der Waals surface area contributed by atoms with Gasteiger partial charge in [0.1, 0.15) is 9.88 Å². The number of aryl methyl sites for hydroxylation is 2. The molecule has 0 unspecified atom stereocenters. The first-order valence-electron chi connectivity index (χ1n) is 7.68. The third-order valence-electron chi connectivity index (χ3n) is 3.74. The highest BCUT2D eigenvalue weighted by atomic mass is 32.2. The minimum absolute atomic E-state index is 0.137. The van der Waals surface area contributed by atoms with Gasteiger partial charge in [-0.1, -0.05) is 12.1 Å². The summed E-state index contributed by atoms with van der Waals surface area (Å²) in [5, 5.41) is 5.52. The molecule has 0 fully saturated rings. The van der Waals surface area contributed by atoms with Gasteiger partial charge < -0.3 is 5.32 Å². The molecule has 0 bridgehead atoms. The van der Waals surface area contributed by atoms with Crippen molar-refractivity contribution >= 4 is 44.3 Å². The van der Waals surface area contributed by atoms with E-state index in [-0.39, 0.29) is 10.8 Å². The number of nitrogens with one attached hydrogen (secondary N) is 2. The molecule has 26 heavy (non-hydrogen) atoms. The lowest BCUT2D eigenvalue weighted by atomic mass is 10.2. The van der Waals surface area contributed by atoms with Gasteiger partial charge >= 0.3 is 0 Å². The third kappa shape index (κ3) is 3.70. The first kappa shape index (κ1) is 18.7. The van der Waals surface area contributed by atoms with Crippen molar-refractivity contribution in [3.05, 3.63) is 51.8 Å². The van der Waals surface area contributed by atoms with Gasteiger partial charge in [0.2, 0.25) is 10.0 Å². The van der Waals surface area contributed by atoms with Gasteiger partial charge in [0.15, 0.2) is 0 Å². The fourth-order valence-electron chi connectivity index (χ4n) is 2.38. The van der Waals surface area contributed by atoms with Gasteiger partial charge in [0, 0.05) is 5.69 Å². The molecule has 0 aliphatic carbocycles. The molecule has 2 N–H and O–H groups in total. The van der Waals surface area contributed by atoms with Crippen molar-refractivity contribution in [1.82, 2.24) is 9.71 Å². The Morgan fingerprint density at radius 1 is 1.19 bits per heavy atom. The molecule has 0 aliphatic rings. The molecule has 3 aromatic rings. The number of hydrogen-bond donors (Lipinski definition) is 2. The average Bonchev–Trinajstić information content (AvgIpc) is 3.25. The summed E-state index contributed by atoms with van der Waals surface area (Å²) in [6.45, 7) is 3.49. The molecule has 2 aromatic heterocycles. The fraction of sp³-hybridized carbons (Fsp3) is 0.176. The molecule has 0 saturated carbocycles. The summed E-state index contributed by atoms with van der Waals surface area (Å²) in [5.74, 6) is -0.306. The number of amides is 1. The summed E-state index contributed by atoms with van der Waals surface area (Å²) in [7, 11) is -2.24. The van der Waals surface area contributed by atoms with Crippen LogP contribution in [0.1, 0.15) is 20.9 Å². The van der Waals surface area contributed by atoms with Gasteiger partial charge in [-0.05, 0) is 50.0 Å². The zero-order chi connectivity index (χ0) is 18.9. The predicted octanol–water partition coefficient (Wildman–Crippen LogP) is 3.65. The summed E-state index contributed by atoms with van der Waals surface area (Å²) in [5.41, 5.74) is 1.66. The third-order valence-corrected chi connectivity index (χ3v) is 7.49. The summed E-state index contributed by atoms with van der Waals surface area (Å²) < 4.78 is 26.5. The molecule has 1 amide bonds. The molecular formula is C17H17N3O3S3. The van der Waals surface area contributed by atoms with E-state index < -0.39 is 10.0 Å². The number of aromatic nitrogens is 1. The second-order valence-electron chi connectivity index (χ2n) is 5.55. The predicted molar refractivity (Wildman–Crippen MR) is 106 cm³/mol. The number of rotatable bonds is 5. The quantitative estimate of drug-likeness (QED) is 0.676. The van der Waals surface area contributed by atoms with Crippen LogP contribution in [0.3, 0.4) is 0 Å². The number of sulfonamides is 1. The van der Waals surface area contributed by atoms with E-state index in [1.54, 1.807) is 37.3 Å². The van der Waals surface area contributed by atoms with Crippen LogP contribution in [0, 0.1) is 13.8 Å². The van der Waals surface area contributed by atoms with E-state index in [0.29, 0.717) is 21.8 Å². The molecular weight excluding hydrogens is 390 g/mol. The largest absolute Gasteiger partial charge is 0.321 e. The van der Waals surface area contributed by atoms with Crippen LogP contribution >= 0.6 is 22.7 Å². The Balaban J connectivity index is 1.88. The van der Waals surface area contributed by atoms with Crippen molar-refractivity contribution in [2.75, 3.05) is 12.4 Å². The number of carbonyl (C=O) groups is 1. The lowest BCUT2D eigenvalue weighted by molar-refractivity contribution is 0.102. The van der Waals surface area contributed by atoms with Gasteiger partial charge in [0.25, 0.3) is 5.91 Å². The number of thiophene rings is 1. The second-order valence-corrected chi connectivity index (χ2v) is 9.35. The highest BCUT2D eigenvalue weighted by Crippen LogP contribution is 2.31. The Bertz CT molecular complexity index is 1050. The number of carbonyl (C=O) groups excluding carboxylic acids is 1. The number of anilines is 1. The molecule has 6 nitrogen and oxygen atoms in total. The molecule has 0 radical (unpaired) electrons. The first-order valence-corrected chi connectivity index (χ1v) is 10.9. The van der Waals surface area contributed by atoms with Crippen LogP contribution < -0.4 is 10.0 Å². The zero-order valence-electron chi connectivity index (χ0n) is 14.4. The maximum Gasteiger partial charge on any atom is 0.267 e. The van der Waals surface area contributed by atoms with Crippen LogP contribution in [0.5, 0.6) is 0 Å². The van der Waals surface area contributed by atoms with Gasteiger partial charge in [-0.15, -0.1) is 22.7 Å². The van der Waals surface area contributed by atoms with E-state index in [0.717, 1.165) is 9.88 Å². The Morgan fingerprint density at radius 3 is 2.62 bits per heavy atom. The van der Waals surface area contributed by atoms with Crippen LogP contribution in [0.4, 0.5) is 5.69 Å². The van der Waals surface area contributed by atoms with Crippen LogP contribution in [0.25, 0.3) is 9.88 Å². The SMILES string of the molecule is CNS(=O)(=O)c1cc(NC(=O)c2sc(-c3cccs3)nc2C)ccc1C. The van der Waals surface area contributed by atoms with Gasteiger partial charge in [-0.25, -0.2) is 18.1 Å². The Kier molecular flexibility index (Phi) is 5.24. The van der Waals surface area contributed by atoms with E-state index in [1.165, 1.54) is 24.5 Å². The molecule has 0 aliphatic heterocycles. The second kappa shape index (κ2) is 7.28. The summed E-state index contributed by atoms with van der Waals surface area (Å²) in [4.78, 5) is 18.7. The molecule has 0 atom stereocenters. The zero-order valence-corrected chi connectivity index (χ0v) is 16.8. The molecule has 3 rings (SSSR count). The standard InChI is InChI=1S/C17H17N3O3S3/c1-10-6-7-12(9-14(10)26(22,23)18-3)20-16(21)15-11(2)19-17(25-15)13-5-4-8-24-13/h4-9,18H,1-3H3,(H,20,21). The Hall–Kier alpha value is -2.07. The molecule has 1 aromatic carbocycles. The number of benzene rings is 1. The van der Waals surface area contributed by atoms with Crippen molar-refractivity contribution < 1.29 is 13.2 Å². The average molecular weight is 408 g/mol. The van der Waals surface area contributed by atoms with Crippen molar-refractivity contribution in [1.29, 1.82) is 0 Å². The highest BCUT2D eigenvalue weighted by molar-refractivity contribution is 7.89. The summed E-state index contributed by atoms with van der Waals surface area (Å²) in [6, 6.07) is 8.69. The fourth-order valence-corrected chi connectivity index (χ4v) is 5.13. The van der Waals surface area contributed by atoms with Crippen LogP contribution in [-0.4, -0.2) is 26.4 Å².